The third-order valence-corrected chi connectivity index (χ3v) is 2.24. The average molecular weight is 249 g/mol. The van der Waals surface area contributed by atoms with Gasteiger partial charge in [-0.05, 0) is 18.2 Å². The van der Waals surface area contributed by atoms with Crippen molar-refractivity contribution in [3.8, 4) is 0 Å². The number of nitrogens with one attached hydrogen (secondary N) is 1. The first-order valence-corrected chi connectivity index (χ1v) is 5.16. The van der Waals surface area contributed by atoms with Gasteiger partial charge in [0.05, 0.1) is 12.2 Å². The van der Waals surface area contributed by atoms with Crippen molar-refractivity contribution in [2.75, 3.05) is 0 Å². The van der Waals surface area contributed by atoms with Crippen molar-refractivity contribution in [2.24, 2.45) is 7.05 Å². The Kier molecular flexibility index (Phi) is 3.13. The number of carboxylic acids is 1. The molecule has 0 aliphatic heterocycles. The van der Waals surface area contributed by atoms with E-state index in [1.165, 1.54) is 12.1 Å². The second kappa shape index (κ2) is 4.74. The topological polar surface area (TPSA) is 97.4 Å². The van der Waals surface area contributed by atoms with Crippen LogP contribution in [-0.4, -0.2) is 26.8 Å². The van der Waals surface area contributed by atoms with Gasteiger partial charge in [0.2, 0.25) is 5.76 Å². The first-order valence-electron chi connectivity index (χ1n) is 5.16. The predicted octanol–water partition coefficient (Wildman–Crippen LogP) is 0.641. The number of aromatic nitrogens is 2. The van der Waals surface area contributed by atoms with Crippen LogP contribution in [0.25, 0.3) is 0 Å². The zero-order chi connectivity index (χ0) is 13.1. The minimum atomic E-state index is -1.21. The highest BCUT2D eigenvalue weighted by molar-refractivity contribution is 5.93. The Bertz CT molecular complexity index is 585. The Morgan fingerprint density at radius 1 is 1.39 bits per heavy atom. The summed E-state index contributed by atoms with van der Waals surface area (Å²) >= 11 is 0. The minimum Gasteiger partial charge on any atom is -0.475 e. The average Bonchev–Trinajstić information content (AvgIpc) is 2.94. The second-order valence-electron chi connectivity index (χ2n) is 3.63. The Labute approximate surface area is 102 Å². The highest BCUT2D eigenvalue weighted by Crippen LogP contribution is 2.07. The molecule has 94 valence electrons. The van der Waals surface area contributed by atoms with Crippen LogP contribution in [0, 0.1) is 0 Å². The maximum absolute atomic E-state index is 11.6. The Hall–Kier alpha value is -2.57. The number of carboxylic acid groups (broad SMARTS) is 1. The zero-order valence-electron chi connectivity index (χ0n) is 9.58. The molecule has 7 nitrogen and oxygen atoms in total. The molecule has 2 aromatic rings. The van der Waals surface area contributed by atoms with E-state index in [2.05, 4.69) is 10.4 Å². The van der Waals surface area contributed by atoms with Crippen LogP contribution in [0.2, 0.25) is 0 Å². The molecule has 18 heavy (non-hydrogen) atoms. The van der Waals surface area contributed by atoms with Gasteiger partial charge in [0.15, 0.2) is 5.76 Å². The number of aromatic carboxylic acids is 1. The number of carbonyl (C=O) groups is 2. The molecular formula is C11H11N3O4. The molecule has 0 saturated heterocycles. The van der Waals surface area contributed by atoms with Gasteiger partial charge in [-0.25, -0.2) is 4.79 Å². The number of aryl methyl sites for hydroxylation is 1. The Morgan fingerprint density at radius 2 is 2.11 bits per heavy atom. The smallest absolute Gasteiger partial charge is 0.371 e. The number of amides is 1. The lowest BCUT2D eigenvalue weighted by molar-refractivity contribution is 0.0659. The first kappa shape index (κ1) is 11.9. The van der Waals surface area contributed by atoms with Gasteiger partial charge in [-0.3, -0.25) is 9.48 Å². The van der Waals surface area contributed by atoms with E-state index in [1.807, 2.05) is 0 Å². The van der Waals surface area contributed by atoms with Gasteiger partial charge in [0, 0.05) is 13.2 Å². The molecule has 0 unspecified atom stereocenters. The van der Waals surface area contributed by atoms with E-state index in [4.69, 9.17) is 9.52 Å². The van der Waals surface area contributed by atoms with E-state index in [-0.39, 0.29) is 18.1 Å². The monoisotopic (exact) mass is 249 g/mol. The molecule has 0 aliphatic rings. The summed E-state index contributed by atoms with van der Waals surface area (Å²) < 4.78 is 6.49. The highest BCUT2D eigenvalue weighted by Gasteiger charge is 2.14. The lowest BCUT2D eigenvalue weighted by Crippen LogP contribution is -2.22. The molecule has 0 bridgehead atoms. The van der Waals surface area contributed by atoms with Crippen molar-refractivity contribution in [3.05, 3.63) is 41.6 Å². The highest BCUT2D eigenvalue weighted by atomic mass is 16.4. The van der Waals surface area contributed by atoms with Crippen LogP contribution in [0.15, 0.2) is 28.8 Å². The standard InChI is InChI=1S/C11H11N3O4/c1-14-5-4-7(13-14)6-12-10(15)8-2-3-9(18-8)11(16)17/h2-5H,6H2,1H3,(H,12,15)(H,16,17). The summed E-state index contributed by atoms with van der Waals surface area (Å²) in [6, 6.07) is 4.32. The summed E-state index contributed by atoms with van der Waals surface area (Å²) in [7, 11) is 1.77. The number of furan rings is 1. The summed E-state index contributed by atoms with van der Waals surface area (Å²) in [4.78, 5) is 22.2. The molecule has 7 heteroatoms. The quantitative estimate of drug-likeness (QED) is 0.828. The van der Waals surface area contributed by atoms with Crippen molar-refractivity contribution >= 4 is 11.9 Å². The maximum atomic E-state index is 11.6. The van der Waals surface area contributed by atoms with Gasteiger partial charge in [-0.2, -0.15) is 5.10 Å². The maximum Gasteiger partial charge on any atom is 0.371 e. The summed E-state index contributed by atoms with van der Waals surface area (Å²) in [6.07, 6.45) is 1.76. The van der Waals surface area contributed by atoms with Gasteiger partial charge in [0.25, 0.3) is 5.91 Å². The molecule has 1 amide bonds. The molecule has 2 heterocycles. The van der Waals surface area contributed by atoms with E-state index in [0.717, 1.165) is 0 Å². The zero-order valence-corrected chi connectivity index (χ0v) is 9.58. The van der Waals surface area contributed by atoms with Crippen LogP contribution >= 0.6 is 0 Å². The van der Waals surface area contributed by atoms with Gasteiger partial charge < -0.3 is 14.8 Å². The summed E-state index contributed by atoms with van der Waals surface area (Å²) in [6.45, 7) is 0.253. The van der Waals surface area contributed by atoms with Crippen LogP contribution in [0.3, 0.4) is 0 Å². The molecule has 2 N–H and O–H groups in total. The van der Waals surface area contributed by atoms with Crippen molar-refractivity contribution in [2.45, 2.75) is 6.54 Å². The lowest BCUT2D eigenvalue weighted by atomic mass is 10.4. The molecular weight excluding hydrogens is 238 g/mol. The molecule has 0 fully saturated rings. The fourth-order valence-corrected chi connectivity index (χ4v) is 1.39. The van der Waals surface area contributed by atoms with Gasteiger partial charge >= 0.3 is 5.97 Å². The fourth-order valence-electron chi connectivity index (χ4n) is 1.39. The molecule has 0 atom stereocenters. The van der Waals surface area contributed by atoms with Crippen molar-refractivity contribution in [1.29, 1.82) is 0 Å². The van der Waals surface area contributed by atoms with Crippen LogP contribution in [0.5, 0.6) is 0 Å². The van der Waals surface area contributed by atoms with E-state index in [9.17, 15) is 9.59 Å². The van der Waals surface area contributed by atoms with Crippen molar-refractivity contribution in [3.63, 3.8) is 0 Å². The molecule has 0 aliphatic carbocycles. The van der Waals surface area contributed by atoms with Crippen molar-refractivity contribution in [1.82, 2.24) is 15.1 Å². The molecule has 2 aromatic heterocycles. The fraction of sp³-hybridized carbons (Fsp3) is 0.182. The Morgan fingerprint density at radius 3 is 2.67 bits per heavy atom. The predicted molar refractivity (Wildman–Crippen MR) is 60.0 cm³/mol. The number of hydrogen-bond acceptors (Lipinski definition) is 4. The lowest BCUT2D eigenvalue weighted by Gasteiger charge is -1.99. The number of nitrogens with zero attached hydrogens (tertiary/aromatic N) is 2. The van der Waals surface area contributed by atoms with Gasteiger partial charge in [-0.15, -0.1) is 0 Å². The third kappa shape index (κ3) is 2.57. The van der Waals surface area contributed by atoms with E-state index in [1.54, 1.807) is 24.0 Å². The van der Waals surface area contributed by atoms with Crippen LogP contribution in [0.4, 0.5) is 0 Å². The van der Waals surface area contributed by atoms with Gasteiger partial charge in [-0.1, -0.05) is 0 Å². The molecule has 0 radical (unpaired) electrons. The van der Waals surface area contributed by atoms with E-state index >= 15 is 0 Å². The third-order valence-electron chi connectivity index (χ3n) is 2.24. The molecule has 0 spiro atoms. The van der Waals surface area contributed by atoms with Crippen LogP contribution in [0.1, 0.15) is 26.8 Å². The van der Waals surface area contributed by atoms with Gasteiger partial charge in [0.1, 0.15) is 0 Å². The molecule has 2 rings (SSSR count). The number of hydrogen-bond donors (Lipinski definition) is 2. The SMILES string of the molecule is Cn1ccc(CNC(=O)c2ccc(C(=O)O)o2)n1. The number of carbonyl (C=O) groups excluding carboxylic acids is 1. The van der Waals surface area contributed by atoms with E-state index < -0.39 is 11.9 Å². The van der Waals surface area contributed by atoms with Crippen LogP contribution in [-0.2, 0) is 13.6 Å². The summed E-state index contributed by atoms with van der Waals surface area (Å²) in [5, 5.41) is 15.3. The van der Waals surface area contributed by atoms with Crippen LogP contribution < -0.4 is 5.32 Å². The normalized spacial score (nSPS) is 10.3. The molecule has 0 aromatic carbocycles. The minimum absolute atomic E-state index is 0.0386. The molecule has 0 saturated carbocycles. The van der Waals surface area contributed by atoms with Crippen molar-refractivity contribution < 1.29 is 19.1 Å². The van der Waals surface area contributed by atoms with E-state index in [0.29, 0.717) is 5.69 Å². The second-order valence-corrected chi connectivity index (χ2v) is 3.63. The summed E-state index contributed by atoms with van der Waals surface area (Å²) in [5.41, 5.74) is 0.705. The first-order chi connectivity index (χ1) is 8.56. The largest absolute Gasteiger partial charge is 0.475 e. The summed E-state index contributed by atoms with van der Waals surface area (Å²) in [5.74, 6) is -1.99. The number of rotatable bonds is 4. The Balaban J connectivity index is 1.97.